The second kappa shape index (κ2) is 5.57. The summed E-state index contributed by atoms with van der Waals surface area (Å²) in [6.45, 7) is 5.56. The molecule has 23 heavy (non-hydrogen) atoms. The average molecular weight is 354 g/mol. The molecule has 0 saturated heterocycles. The van der Waals surface area contributed by atoms with Crippen molar-refractivity contribution in [2.75, 3.05) is 4.72 Å². The van der Waals surface area contributed by atoms with Crippen LogP contribution in [-0.4, -0.2) is 23.0 Å². The van der Waals surface area contributed by atoms with E-state index in [1.807, 2.05) is 13.8 Å². The van der Waals surface area contributed by atoms with Crippen LogP contribution >= 0.6 is 11.3 Å². The van der Waals surface area contributed by atoms with Crippen molar-refractivity contribution in [1.82, 2.24) is 14.6 Å². The largest absolute Gasteiger partial charge is 0.281 e. The first-order valence-electron chi connectivity index (χ1n) is 6.92. The highest BCUT2D eigenvalue weighted by Crippen LogP contribution is 2.27. The molecule has 0 radical (unpaired) electrons. The average Bonchev–Trinajstić information content (AvgIpc) is 2.94. The Hall–Kier alpha value is -2.00. The van der Waals surface area contributed by atoms with Gasteiger partial charge in [-0.05, 0) is 25.1 Å². The van der Waals surface area contributed by atoms with Crippen LogP contribution in [0.25, 0.3) is 4.96 Å². The van der Waals surface area contributed by atoms with Crippen molar-refractivity contribution in [2.45, 2.75) is 31.7 Å². The summed E-state index contributed by atoms with van der Waals surface area (Å²) in [7, 11) is -3.93. The summed E-state index contributed by atoms with van der Waals surface area (Å²) in [5.41, 5.74) is 0.502. The number of hydrogen-bond donors (Lipinski definition) is 1. The third-order valence-electron chi connectivity index (χ3n) is 3.17. The Morgan fingerprint density at radius 3 is 2.74 bits per heavy atom. The van der Waals surface area contributed by atoms with E-state index < -0.39 is 15.8 Å². The van der Waals surface area contributed by atoms with Crippen LogP contribution in [0, 0.1) is 12.7 Å². The van der Waals surface area contributed by atoms with Gasteiger partial charge in [-0.25, -0.2) is 9.37 Å². The number of halogens is 1. The predicted octanol–water partition coefficient (Wildman–Crippen LogP) is 3.16. The van der Waals surface area contributed by atoms with Crippen LogP contribution in [0.5, 0.6) is 0 Å². The molecule has 1 N–H and O–H groups in total. The van der Waals surface area contributed by atoms with Gasteiger partial charge in [0.2, 0.25) is 9.99 Å². The van der Waals surface area contributed by atoms with Crippen molar-refractivity contribution < 1.29 is 12.8 Å². The maximum Gasteiger partial charge on any atom is 0.281 e. The van der Waals surface area contributed by atoms with Gasteiger partial charge >= 0.3 is 0 Å². The Morgan fingerprint density at radius 2 is 2.09 bits per heavy atom. The van der Waals surface area contributed by atoms with Crippen molar-refractivity contribution in [3.8, 4) is 0 Å². The quantitative estimate of drug-likeness (QED) is 0.781. The summed E-state index contributed by atoms with van der Waals surface area (Å²) in [5, 5.41) is 5.11. The lowest BCUT2D eigenvalue weighted by Crippen LogP contribution is -2.16. The van der Waals surface area contributed by atoms with Crippen molar-refractivity contribution in [3.63, 3.8) is 0 Å². The number of nitrogens with one attached hydrogen (secondary N) is 1. The van der Waals surface area contributed by atoms with Gasteiger partial charge in [0.05, 0.1) is 11.4 Å². The van der Waals surface area contributed by atoms with E-state index in [-0.39, 0.29) is 16.6 Å². The van der Waals surface area contributed by atoms with E-state index in [0.29, 0.717) is 10.7 Å². The van der Waals surface area contributed by atoms with Gasteiger partial charge < -0.3 is 0 Å². The normalized spacial score (nSPS) is 12.2. The smallest absolute Gasteiger partial charge is 0.278 e. The number of sulfonamides is 1. The fourth-order valence-corrected chi connectivity index (χ4v) is 4.47. The van der Waals surface area contributed by atoms with Gasteiger partial charge in [0.15, 0.2) is 0 Å². The fourth-order valence-electron chi connectivity index (χ4n) is 2.14. The SMILES string of the molecule is Cc1nc2sc(C(C)C)nn2c1S(=O)(=O)Nc1cccc(F)c1. The van der Waals surface area contributed by atoms with Gasteiger partial charge in [0.25, 0.3) is 10.0 Å². The summed E-state index contributed by atoms with van der Waals surface area (Å²) in [6, 6.07) is 5.28. The first-order chi connectivity index (χ1) is 10.8. The lowest BCUT2D eigenvalue weighted by molar-refractivity contribution is 0.591. The number of hydrogen-bond acceptors (Lipinski definition) is 5. The number of aromatic nitrogens is 3. The summed E-state index contributed by atoms with van der Waals surface area (Å²) in [6.07, 6.45) is 0. The van der Waals surface area contributed by atoms with Gasteiger partial charge in [-0.1, -0.05) is 31.3 Å². The summed E-state index contributed by atoms with van der Waals surface area (Å²) >= 11 is 1.35. The molecule has 1 aromatic carbocycles. The van der Waals surface area contributed by atoms with E-state index in [0.717, 1.165) is 11.1 Å². The molecular weight excluding hydrogens is 339 g/mol. The molecule has 0 aliphatic carbocycles. The molecule has 3 aromatic rings. The second-order valence-electron chi connectivity index (χ2n) is 5.41. The van der Waals surface area contributed by atoms with Gasteiger partial charge in [-0.2, -0.15) is 18.0 Å². The predicted molar refractivity (Wildman–Crippen MR) is 86.9 cm³/mol. The standard InChI is InChI=1S/C14H15FN4O2S2/c1-8(2)12-17-19-13(9(3)16-14(19)22-12)23(20,21)18-11-6-4-5-10(15)7-11/h4-8,18H,1-3H3. The maximum atomic E-state index is 13.2. The maximum absolute atomic E-state index is 13.2. The Labute approximate surface area is 137 Å². The highest BCUT2D eigenvalue weighted by Gasteiger charge is 2.26. The van der Waals surface area contributed by atoms with Crippen LogP contribution in [-0.2, 0) is 10.0 Å². The van der Waals surface area contributed by atoms with Gasteiger partial charge in [-0.15, -0.1) is 0 Å². The van der Waals surface area contributed by atoms with Gasteiger partial charge in [0, 0.05) is 5.92 Å². The second-order valence-corrected chi connectivity index (χ2v) is 7.99. The van der Waals surface area contributed by atoms with Crippen molar-refractivity contribution in [3.05, 3.63) is 40.8 Å². The molecule has 0 fully saturated rings. The zero-order chi connectivity index (χ0) is 16.8. The monoisotopic (exact) mass is 354 g/mol. The topological polar surface area (TPSA) is 76.4 Å². The zero-order valence-electron chi connectivity index (χ0n) is 12.7. The number of imidazole rings is 1. The van der Waals surface area contributed by atoms with Crippen molar-refractivity contribution in [1.29, 1.82) is 0 Å². The molecule has 3 rings (SSSR count). The van der Waals surface area contributed by atoms with E-state index >= 15 is 0 Å². The molecule has 0 bridgehead atoms. The molecule has 0 saturated carbocycles. The molecule has 9 heteroatoms. The van der Waals surface area contributed by atoms with Gasteiger partial charge in [0.1, 0.15) is 10.8 Å². The first-order valence-corrected chi connectivity index (χ1v) is 9.22. The van der Waals surface area contributed by atoms with E-state index in [1.165, 1.54) is 34.1 Å². The van der Waals surface area contributed by atoms with E-state index in [9.17, 15) is 12.8 Å². The highest BCUT2D eigenvalue weighted by molar-refractivity contribution is 7.92. The van der Waals surface area contributed by atoms with Crippen molar-refractivity contribution in [2.24, 2.45) is 0 Å². The van der Waals surface area contributed by atoms with Crippen LogP contribution in [0.2, 0.25) is 0 Å². The minimum absolute atomic E-state index is 0.0279. The zero-order valence-corrected chi connectivity index (χ0v) is 14.4. The third-order valence-corrected chi connectivity index (χ3v) is 5.86. The molecular formula is C14H15FN4O2S2. The van der Waals surface area contributed by atoms with Crippen LogP contribution in [0.15, 0.2) is 29.3 Å². The fraction of sp³-hybridized carbons (Fsp3) is 0.286. The summed E-state index contributed by atoms with van der Waals surface area (Å²) in [4.78, 5) is 4.79. The highest BCUT2D eigenvalue weighted by atomic mass is 32.2. The Balaban J connectivity index is 2.08. The van der Waals surface area contributed by atoms with E-state index in [1.54, 1.807) is 6.92 Å². The number of benzene rings is 1. The molecule has 0 amide bonds. The van der Waals surface area contributed by atoms with Crippen LogP contribution in [0.3, 0.4) is 0 Å². The van der Waals surface area contributed by atoms with Crippen LogP contribution in [0.1, 0.15) is 30.5 Å². The Kier molecular flexibility index (Phi) is 3.85. The molecule has 6 nitrogen and oxygen atoms in total. The molecule has 0 aliphatic rings. The molecule has 0 aliphatic heterocycles. The van der Waals surface area contributed by atoms with Gasteiger partial charge in [-0.3, -0.25) is 4.72 Å². The molecule has 0 atom stereocenters. The van der Waals surface area contributed by atoms with Crippen LogP contribution in [0.4, 0.5) is 10.1 Å². The molecule has 2 heterocycles. The minimum atomic E-state index is -3.93. The van der Waals surface area contributed by atoms with Crippen LogP contribution < -0.4 is 4.72 Å². The molecule has 122 valence electrons. The third kappa shape index (κ3) is 2.93. The number of rotatable bonds is 4. The lowest BCUT2D eigenvalue weighted by Gasteiger charge is -2.07. The number of fused-ring (bicyclic) bond motifs is 1. The molecule has 0 spiro atoms. The molecule has 2 aromatic heterocycles. The van der Waals surface area contributed by atoms with E-state index in [4.69, 9.17) is 0 Å². The number of nitrogens with zero attached hydrogens (tertiary/aromatic N) is 3. The van der Waals surface area contributed by atoms with E-state index in [2.05, 4.69) is 14.8 Å². The Bertz CT molecular complexity index is 976. The lowest BCUT2D eigenvalue weighted by atomic mass is 10.2. The Morgan fingerprint density at radius 1 is 1.35 bits per heavy atom. The minimum Gasteiger partial charge on any atom is -0.278 e. The first kappa shape index (κ1) is 15.9. The number of aryl methyl sites for hydroxylation is 1. The van der Waals surface area contributed by atoms with Crippen molar-refractivity contribution >= 4 is 32.0 Å². The summed E-state index contributed by atoms with van der Waals surface area (Å²) < 4.78 is 42.3. The molecule has 0 unspecified atom stereocenters. The summed E-state index contributed by atoms with van der Waals surface area (Å²) in [5.74, 6) is -0.343. The number of anilines is 1.